The lowest BCUT2D eigenvalue weighted by Gasteiger charge is -2.34. The second-order valence-electron chi connectivity index (χ2n) is 7.82. The Morgan fingerprint density at radius 1 is 1.21 bits per heavy atom. The average molecular weight is 391 g/mol. The molecule has 2 aliphatic rings. The van der Waals surface area contributed by atoms with Crippen molar-refractivity contribution in [1.82, 2.24) is 0 Å². The van der Waals surface area contributed by atoms with Crippen molar-refractivity contribution in [3.63, 3.8) is 0 Å². The first-order valence-electron chi connectivity index (χ1n) is 9.24. The van der Waals surface area contributed by atoms with E-state index in [4.69, 9.17) is 5.11 Å². The van der Waals surface area contributed by atoms with Crippen molar-refractivity contribution in [2.24, 2.45) is 0 Å². The van der Waals surface area contributed by atoms with E-state index >= 15 is 0 Å². The Balaban J connectivity index is 1.75. The summed E-state index contributed by atoms with van der Waals surface area (Å²) < 4.78 is 0. The van der Waals surface area contributed by atoms with Crippen LogP contribution >= 0.6 is 11.8 Å². The number of rotatable bonds is 4. The Hall–Kier alpha value is -2.39. The Bertz CT molecular complexity index is 1060. The van der Waals surface area contributed by atoms with Crippen molar-refractivity contribution >= 4 is 23.1 Å². The number of nitrogens with zero attached hydrogens (tertiary/aromatic N) is 1. The molecule has 0 heterocycles. The molecule has 0 bridgehead atoms. The quantitative estimate of drug-likeness (QED) is 0.780. The van der Waals surface area contributed by atoms with Gasteiger partial charge in [-0.2, -0.15) is 5.26 Å². The molecule has 5 heteroatoms. The number of aliphatic hydroxyl groups is 2. The van der Waals surface area contributed by atoms with Gasteiger partial charge < -0.3 is 10.2 Å². The Morgan fingerprint density at radius 2 is 1.96 bits per heavy atom. The minimum atomic E-state index is -0.761. The monoisotopic (exact) mass is 391 g/mol. The van der Waals surface area contributed by atoms with Gasteiger partial charge in [0.2, 0.25) is 0 Å². The molecular weight excluding hydrogens is 370 g/mol. The molecule has 0 radical (unpaired) electrons. The summed E-state index contributed by atoms with van der Waals surface area (Å²) in [4.78, 5) is 14.3. The van der Waals surface area contributed by atoms with Crippen LogP contribution in [0.1, 0.15) is 46.5 Å². The van der Waals surface area contributed by atoms with Gasteiger partial charge in [-0.15, -0.1) is 11.8 Å². The molecule has 2 aromatic carbocycles. The number of hydrogen-bond acceptors (Lipinski definition) is 5. The smallest absolute Gasteiger partial charge is 0.193 e. The Morgan fingerprint density at radius 3 is 2.68 bits per heavy atom. The van der Waals surface area contributed by atoms with Crippen LogP contribution in [0.2, 0.25) is 0 Å². The summed E-state index contributed by atoms with van der Waals surface area (Å²) in [5.41, 5.74) is 5.89. The van der Waals surface area contributed by atoms with Crippen LogP contribution in [0.25, 0.3) is 5.57 Å². The molecule has 1 unspecified atom stereocenters. The number of aliphatic hydroxyl groups excluding tert-OH is 2. The molecule has 0 saturated carbocycles. The van der Waals surface area contributed by atoms with E-state index in [-0.39, 0.29) is 17.8 Å². The van der Waals surface area contributed by atoms with Gasteiger partial charge in [-0.25, -0.2) is 0 Å². The maximum absolute atomic E-state index is 13.3. The van der Waals surface area contributed by atoms with Gasteiger partial charge >= 0.3 is 0 Å². The Labute approximate surface area is 168 Å². The molecule has 142 valence electrons. The number of ketones is 1. The summed E-state index contributed by atoms with van der Waals surface area (Å²) in [6.07, 6.45) is -0.0810. The van der Waals surface area contributed by atoms with Crippen molar-refractivity contribution < 1.29 is 15.0 Å². The summed E-state index contributed by atoms with van der Waals surface area (Å²) >= 11 is 1.47. The van der Waals surface area contributed by atoms with Crippen molar-refractivity contribution in [3.05, 3.63) is 69.8 Å². The minimum absolute atomic E-state index is 0.0414. The number of hydrogen-bond donors (Lipinski definition) is 2. The second kappa shape index (κ2) is 6.89. The van der Waals surface area contributed by atoms with E-state index in [0.717, 1.165) is 32.7 Å². The number of nitriles is 1. The highest BCUT2D eigenvalue weighted by atomic mass is 32.2. The van der Waals surface area contributed by atoms with Crippen LogP contribution in [0.4, 0.5) is 0 Å². The lowest BCUT2D eigenvalue weighted by atomic mass is 9.68. The molecule has 1 atom stereocenters. The van der Waals surface area contributed by atoms with Gasteiger partial charge in [-0.3, -0.25) is 4.79 Å². The predicted molar refractivity (Wildman–Crippen MR) is 109 cm³/mol. The average Bonchev–Trinajstić information content (AvgIpc) is 3.10. The summed E-state index contributed by atoms with van der Waals surface area (Å²) in [6.45, 7) is 4.02. The number of benzene rings is 2. The molecule has 0 saturated heterocycles. The van der Waals surface area contributed by atoms with E-state index in [1.54, 1.807) is 6.07 Å². The first kappa shape index (κ1) is 18.9. The molecule has 4 rings (SSSR count). The lowest BCUT2D eigenvalue weighted by Crippen LogP contribution is -2.29. The van der Waals surface area contributed by atoms with Crippen molar-refractivity contribution in [1.29, 1.82) is 5.26 Å². The maximum atomic E-state index is 13.3. The van der Waals surface area contributed by atoms with Gasteiger partial charge in [0.1, 0.15) is 0 Å². The normalized spacial score (nSPS) is 17.6. The van der Waals surface area contributed by atoms with Crippen LogP contribution in [0.3, 0.4) is 0 Å². The van der Waals surface area contributed by atoms with Crippen LogP contribution < -0.4 is 0 Å². The van der Waals surface area contributed by atoms with Crippen LogP contribution in [0.15, 0.2) is 46.9 Å². The topological polar surface area (TPSA) is 81.3 Å². The standard InChI is InChI=1S/C23H21NO3S/c1-23(2)19-9-16(28-12-15(26)11-25)4-6-18(19)22(27)21-17-5-3-13(10-24)7-14(17)8-20(21)23/h3-7,9,15,25-26H,8,11-12H2,1-2H3. The minimum Gasteiger partial charge on any atom is -0.394 e. The Kier molecular flexibility index (Phi) is 4.67. The van der Waals surface area contributed by atoms with Crippen LogP contribution in [0, 0.1) is 11.3 Å². The number of carbonyl (C=O) groups is 1. The SMILES string of the molecule is CC1(C)C2=C(C(=O)c3ccc(SCC(O)CO)cc31)c1ccc(C#N)cc1C2. The first-order valence-corrected chi connectivity index (χ1v) is 10.2. The fourth-order valence-corrected chi connectivity index (χ4v) is 5.01. The zero-order valence-corrected chi connectivity index (χ0v) is 16.6. The number of Topliss-reactive ketones (excluding diaryl/α,β-unsaturated/α-hetero) is 1. The van der Waals surface area contributed by atoms with Crippen LogP contribution in [-0.2, 0) is 11.8 Å². The van der Waals surface area contributed by atoms with E-state index in [1.165, 1.54) is 11.8 Å². The first-order chi connectivity index (χ1) is 13.4. The highest BCUT2D eigenvalue weighted by Gasteiger charge is 2.42. The zero-order chi connectivity index (χ0) is 20.1. The third-order valence-electron chi connectivity index (χ3n) is 5.72. The molecule has 2 aromatic rings. The molecule has 2 N–H and O–H groups in total. The number of fused-ring (bicyclic) bond motifs is 3. The van der Waals surface area contributed by atoms with E-state index in [0.29, 0.717) is 23.3 Å². The fourth-order valence-electron chi connectivity index (χ4n) is 4.16. The number of thioether (sulfide) groups is 1. The molecule has 0 aromatic heterocycles. The highest BCUT2D eigenvalue weighted by molar-refractivity contribution is 7.99. The van der Waals surface area contributed by atoms with Gasteiger partial charge in [0.15, 0.2) is 5.78 Å². The van der Waals surface area contributed by atoms with Crippen molar-refractivity contribution in [2.45, 2.75) is 36.7 Å². The summed E-state index contributed by atoms with van der Waals surface area (Å²) in [5.74, 6) is 0.444. The second-order valence-corrected chi connectivity index (χ2v) is 8.92. The lowest BCUT2D eigenvalue weighted by molar-refractivity contribution is 0.105. The van der Waals surface area contributed by atoms with E-state index in [2.05, 4.69) is 19.9 Å². The van der Waals surface area contributed by atoms with Gasteiger partial charge in [0, 0.05) is 27.2 Å². The predicted octanol–water partition coefficient (Wildman–Crippen LogP) is 3.49. The van der Waals surface area contributed by atoms with Gasteiger partial charge in [-0.1, -0.05) is 19.9 Å². The molecule has 0 spiro atoms. The summed E-state index contributed by atoms with van der Waals surface area (Å²) in [6, 6.07) is 13.6. The summed E-state index contributed by atoms with van der Waals surface area (Å²) in [7, 11) is 0. The largest absolute Gasteiger partial charge is 0.394 e. The van der Waals surface area contributed by atoms with Crippen molar-refractivity contribution in [2.75, 3.05) is 12.4 Å². The maximum Gasteiger partial charge on any atom is 0.193 e. The molecule has 2 aliphatic carbocycles. The highest BCUT2D eigenvalue weighted by Crippen LogP contribution is 2.50. The van der Waals surface area contributed by atoms with E-state index in [1.807, 2.05) is 30.3 Å². The molecule has 0 aliphatic heterocycles. The fraction of sp³-hybridized carbons (Fsp3) is 0.304. The number of allylic oxidation sites excluding steroid dienone is 2. The number of carbonyl (C=O) groups excluding carboxylic acids is 1. The molecular formula is C23H21NO3S. The van der Waals surface area contributed by atoms with Gasteiger partial charge in [-0.05, 0) is 59.0 Å². The third-order valence-corrected chi connectivity index (χ3v) is 6.86. The van der Waals surface area contributed by atoms with E-state index in [9.17, 15) is 15.2 Å². The molecule has 28 heavy (non-hydrogen) atoms. The molecule has 0 fully saturated rings. The van der Waals surface area contributed by atoms with Crippen LogP contribution in [0.5, 0.6) is 0 Å². The van der Waals surface area contributed by atoms with Gasteiger partial charge in [0.25, 0.3) is 0 Å². The molecule has 4 nitrogen and oxygen atoms in total. The molecule has 0 amide bonds. The van der Waals surface area contributed by atoms with E-state index < -0.39 is 6.10 Å². The zero-order valence-electron chi connectivity index (χ0n) is 15.8. The van der Waals surface area contributed by atoms with Gasteiger partial charge in [0.05, 0.1) is 24.3 Å². The third kappa shape index (κ3) is 2.89. The summed E-state index contributed by atoms with van der Waals surface area (Å²) in [5, 5.41) is 27.8. The van der Waals surface area contributed by atoms with Crippen molar-refractivity contribution in [3.8, 4) is 6.07 Å². The van der Waals surface area contributed by atoms with Crippen LogP contribution in [-0.4, -0.2) is 34.5 Å².